The Labute approximate surface area is 727 Å². The summed E-state index contributed by atoms with van der Waals surface area (Å²) < 4.78 is 70.5. The van der Waals surface area contributed by atoms with Crippen molar-refractivity contribution in [2.45, 2.75) is 441 Å². The molecule has 6 fully saturated rings. The molecule has 6 saturated heterocycles. The molecule has 6 aliphatic heterocycles. The Morgan fingerprint density at radius 2 is 0.790 bits per heavy atom. The summed E-state index contributed by atoms with van der Waals surface area (Å²) in [6.45, 7) is -0.650. The SMILES string of the molecule is CCCCCCCC/C=C\CCCCCCCCCCCCCC(=O)N[C@@H](CO[C@@H]1OC(CO)[C@@H](O[C@@H]2OC(CO)[C@H](O)[C@H](O[C@H]3OC(CO)[C@H](O)[C@H](O[C@@H]4OC(CO)[C@@H](O[C@@H]5OC(CO)[C@H](O)[C@H](O[C@]6(C(=O)O)CC(O)[C@@H](NC(C)=O)C([C@H](O)[C@H](O)CO)O6)C5O)[C@H](O)C4NC(C)=O)C3O)C2O)[C@H](O)C1O)[C@H](O)/C=C/CCCCCCCCCCCCC. The van der Waals surface area contributed by atoms with Crippen LogP contribution in [0.4, 0.5) is 0 Å². The lowest BCUT2D eigenvalue weighted by atomic mass is 9.88. The highest BCUT2D eigenvalue weighted by Gasteiger charge is 2.62. The third kappa shape index (κ3) is 33.4. The van der Waals surface area contributed by atoms with Crippen LogP contribution in [0.5, 0.6) is 0 Å². The highest BCUT2D eigenvalue weighted by Crippen LogP contribution is 2.41. The summed E-state index contributed by atoms with van der Waals surface area (Å²) in [5.74, 6) is -7.44. The largest absolute Gasteiger partial charge is 0.477 e. The van der Waals surface area contributed by atoms with Gasteiger partial charge in [-0.1, -0.05) is 192 Å². The fourth-order valence-electron chi connectivity index (χ4n) is 16.6. The third-order valence-electron chi connectivity index (χ3n) is 23.9. The zero-order valence-corrected chi connectivity index (χ0v) is 72.5. The van der Waals surface area contributed by atoms with Crippen LogP contribution in [0.3, 0.4) is 0 Å². The number of amides is 3. The second-order valence-corrected chi connectivity index (χ2v) is 33.8. The minimum absolute atomic E-state index is 0.157. The first kappa shape index (κ1) is 109. The van der Waals surface area contributed by atoms with Crippen molar-refractivity contribution < 1.29 is 178 Å². The van der Waals surface area contributed by atoms with Gasteiger partial charge in [-0.2, -0.15) is 0 Å². The van der Waals surface area contributed by atoms with E-state index in [4.69, 9.17) is 56.8 Å². The van der Waals surface area contributed by atoms with E-state index in [0.717, 1.165) is 78.1 Å². The standard InChI is InChI=1S/C85H151N3O36/c1-5-7-9-11-13-15-17-19-20-21-22-23-24-25-26-28-30-32-34-36-38-40-60(100)88-51(52(97)39-37-35-33-31-29-27-18-16-14-12-10-8-6-2)48-113-80-69(107)68(106)74(59(47-94)118-80)120-81-71(109)77(65(103)56(44-91)114-81)122-82-70(108)76(64(102)55(43-90)115-82)121-79-62(87-50(4)96)67(105)73(58(46-93)117-79)119-83-72(110)78(66(104)57(45-92)116-83)124-85(84(111)112)41-53(98)61(86-49(3)95)75(123-85)63(101)54(99)42-89/h19-20,37,39,51-59,61-83,89-94,97-99,101-110H,5-18,21-36,38,40-48H2,1-4H3,(H,86,95)(H,87,96)(H,88,100)(H,111,112)/b20-19-,39-37+/t51-,52+,53?,54+,55?,56?,57?,58?,59?,61+,62?,63+,64-,65-,66-,67+,68+,69?,70?,71?,72?,73+,74+,75?,76-,77-,78-,79-,80+,81-,82+,83-,85-/m0/s1. The molecule has 39 heteroatoms. The zero-order valence-electron chi connectivity index (χ0n) is 72.5. The summed E-state index contributed by atoms with van der Waals surface area (Å²) >= 11 is 0. The van der Waals surface area contributed by atoms with Crippen molar-refractivity contribution in [1.29, 1.82) is 0 Å². The molecule has 23 N–H and O–H groups in total. The minimum atomic E-state index is -3.22. The van der Waals surface area contributed by atoms with E-state index in [1.807, 2.05) is 6.08 Å². The lowest BCUT2D eigenvalue weighted by Gasteiger charge is -2.51. The number of hydrogen-bond donors (Lipinski definition) is 23. The Hall–Kier alpha value is -3.88. The van der Waals surface area contributed by atoms with Crippen LogP contribution >= 0.6 is 0 Å². The quantitative estimate of drug-likeness (QED) is 0.0254. The maximum atomic E-state index is 13.6. The monoisotopic (exact) mass is 1790 g/mol. The fourth-order valence-corrected chi connectivity index (χ4v) is 16.6. The number of carbonyl (C=O) groups excluding carboxylic acids is 3. The van der Waals surface area contributed by atoms with Gasteiger partial charge >= 0.3 is 5.97 Å². The van der Waals surface area contributed by atoms with Gasteiger partial charge in [-0.25, -0.2) is 4.79 Å². The molecule has 6 rings (SSSR count). The predicted octanol–water partition coefficient (Wildman–Crippen LogP) is -1.10. The first-order valence-corrected chi connectivity index (χ1v) is 45.3. The molecule has 33 atom stereocenters. The molecule has 0 saturated carbocycles. The molecule has 0 aliphatic carbocycles. The van der Waals surface area contributed by atoms with Crippen molar-refractivity contribution in [3.05, 3.63) is 24.3 Å². The van der Waals surface area contributed by atoms with Crippen LogP contribution in [0.1, 0.15) is 240 Å². The van der Waals surface area contributed by atoms with Crippen molar-refractivity contribution in [1.82, 2.24) is 16.0 Å². The average molecular weight is 1790 g/mol. The second kappa shape index (κ2) is 58.1. The lowest BCUT2D eigenvalue weighted by molar-refractivity contribution is -0.394. The van der Waals surface area contributed by atoms with Crippen LogP contribution < -0.4 is 16.0 Å². The topological polar surface area (TPSA) is 620 Å². The summed E-state index contributed by atoms with van der Waals surface area (Å²) in [4.78, 5) is 51.9. The van der Waals surface area contributed by atoms with Gasteiger partial charge in [-0.05, 0) is 44.9 Å². The normalized spacial score (nSPS) is 35.3. The van der Waals surface area contributed by atoms with E-state index in [9.17, 15) is 121 Å². The Balaban J connectivity index is 1.08. The number of unbranched alkanes of at least 4 members (excludes halogenated alkanes) is 28. The van der Waals surface area contributed by atoms with Crippen molar-refractivity contribution >= 4 is 23.7 Å². The van der Waals surface area contributed by atoms with Gasteiger partial charge in [0.05, 0.1) is 70.5 Å². The van der Waals surface area contributed by atoms with E-state index in [1.165, 1.54) is 122 Å². The second-order valence-electron chi connectivity index (χ2n) is 33.8. The number of allylic oxidation sites excluding steroid dienone is 3. The molecule has 0 aromatic carbocycles. The number of carbonyl (C=O) groups is 4. The van der Waals surface area contributed by atoms with Crippen molar-refractivity contribution in [2.24, 2.45) is 0 Å². The Bertz CT molecular complexity index is 3000. The highest BCUT2D eigenvalue weighted by molar-refractivity contribution is 5.77. The maximum Gasteiger partial charge on any atom is 0.364 e. The molecule has 0 aromatic rings. The van der Waals surface area contributed by atoms with Gasteiger partial charge in [0, 0.05) is 26.7 Å². The van der Waals surface area contributed by atoms with E-state index < -0.39 is 272 Å². The molecule has 6 aliphatic rings. The van der Waals surface area contributed by atoms with E-state index in [2.05, 4.69) is 41.9 Å². The number of aliphatic carboxylic acids is 1. The van der Waals surface area contributed by atoms with Gasteiger partial charge in [0.2, 0.25) is 17.7 Å². The van der Waals surface area contributed by atoms with Crippen LogP contribution in [0.2, 0.25) is 0 Å². The lowest BCUT2D eigenvalue weighted by Crippen LogP contribution is -2.71. The summed E-state index contributed by atoms with van der Waals surface area (Å²) in [7, 11) is 0. The molecule has 722 valence electrons. The maximum absolute atomic E-state index is 13.6. The Morgan fingerprint density at radius 3 is 1.22 bits per heavy atom. The molecular weight excluding hydrogens is 1640 g/mol. The zero-order chi connectivity index (χ0) is 91.0. The number of rotatable bonds is 60. The van der Waals surface area contributed by atoms with E-state index in [-0.39, 0.29) is 12.3 Å². The van der Waals surface area contributed by atoms with Crippen LogP contribution in [0.25, 0.3) is 0 Å². The highest BCUT2D eigenvalue weighted by atomic mass is 16.8. The van der Waals surface area contributed by atoms with Crippen molar-refractivity contribution in [3.8, 4) is 0 Å². The molecular formula is C85H151N3O36. The molecule has 0 radical (unpaired) electrons. The number of aliphatic hydroxyl groups excluding tert-OH is 19. The first-order valence-electron chi connectivity index (χ1n) is 45.3. The van der Waals surface area contributed by atoms with Gasteiger partial charge < -0.3 is 175 Å². The number of ether oxygens (including phenoxy) is 12. The number of hydrogen-bond acceptors (Lipinski definition) is 35. The molecule has 3 amide bonds. The van der Waals surface area contributed by atoms with Crippen LogP contribution in [-0.2, 0) is 76.0 Å². The van der Waals surface area contributed by atoms with Crippen LogP contribution in [0.15, 0.2) is 24.3 Å². The fraction of sp³-hybridized carbons (Fsp3) is 0.906. The minimum Gasteiger partial charge on any atom is -0.477 e. The molecule has 0 aromatic heterocycles. The van der Waals surface area contributed by atoms with E-state index in [0.29, 0.717) is 12.8 Å². The van der Waals surface area contributed by atoms with Gasteiger partial charge in [0.15, 0.2) is 31.5 Å². The number of aliphatic hydroxyl groups is 19. The number of nitrogens with one attached hydrogen (secondary N) is 3. The van der Waals surface area contributed by atoms with Gasteiger partial charge in [-0.3, -0.25) is 14.4 Å². The number of carboxylic acids is 1. The van der Waals surface area contributed by atoms with Crippen molar-refractivity contribution in [3.63, 3.8) is 0 Å². The Kier molecular flexibility index (Phi) is 51.0. The molecule has 124 heavy (non-hydrogen) atoms. The first-order chi connectivity index (χ1) is 59.5. The van der Waals surface area contributed by atoms with Crippen LogP contribution in [-0.4, -0.2) is 374 Å². The van der Waals surface area contributed by atoms with Crippen molar-refractivity contribution in [2.75, 3.05) is 46.2 Å². The third-order valence-corrected chi connectivity index (χ3v) is 23.9. The van der Waals surface area contributed by atoms with Crippen LogP contribution in [0, 0.1) is 0 Å². The summed E-state index contributed by atoms with van der Waals surface area (Å²) in [5.41, 5.74) is 0. The molecule has 0 bridgehead atoms. The molecule has 0 spiro atoms. The smallest absolute Gasteiger partial charge is 0.364 e. The summed E-state index contributed by atoms with van der Waals surface area (Å²) in [6, 6.07) is -4.71. The van der Waals surface area contributed by atoms with E-state index in [1.54, 1.807) is 6.08 Å². The molecule has 6 heterocycles. The summed E-state index contributed by atoms with van der Waals surface area (Å²) in [6.07, 6.45) is -16.9. The molecule has 39 nitrogen and oxygen atoms in total. The number of carboxylic acid groups (broad SMARTS) is 1. The predicted molar refractivity (Wildman–Crippen MR) is 439 cm³/mol. The van der Waals surface area contributed by atoms with Gasteiger partial charge in [0.1, 0.15) is 140 Å². The average Bonchev–Trinajstić information content (AvgIpc) is 0.753. The Morgan fingerprint density at radius 1 is 0.419 bits per heavy atom. The van der Waals surface area contributed by atoms with Gasteiger partial charge in [0.25, 0.3) is 5.79 Å². The summed E-state index contributed by atoms with van der Waals surface area (Å²) in [5, 5.41) is 231. The molecule has 12 unspecified atom stereocenters. The van der Waals surface area contributed by atoms with Gasteiger partial charge in [-0.15, -0.1) is 0 Å². The van der Waals surface area contributed by atoms with E-state index >= 15 is 0 Å².